The lowest BCUT2D eigenvalue weighted by atomic mass is 10.0. The largest absolute Gasteiger partial charge is 0.457 e. The van der Waals surface area contributed by atoms with E-state index in [1.54, 1.807) is 72.8 Å². The summed E-state index contributed by atoms with van der Waals surface area (Å²) in [5, 5.41) is 0. The van der Waals surface area contributed by atoms with Crippen molar-refractivity contribution in [2.24, 2.45) is 5.73 Å². The summed E-state index contributed by atoms with van der Waals surface area (Å²) in [6, 6.07) is 21.8. The number of carbonyl (C=O) groups is 3. The van der Waals surface area contributed by atoms with Crippen LogP contribution in [0, 0.1) is 0 Å². The van der Waals surface area contributed by atoms with Crippen molar-refractivity contribution >= 4 is 17.7 Å². The second-order valence-electron chi connectivity index (χ2n) is 5.91. The Labute approximate surface area is 156 Å². The molecular formula is C22H17NO4. The number of primary amides is 1. The third-order valence-electron chi connectivity index (χ3n) is 4.03. The fraction of sp³-hybridized carbons (Fsp3) is 0.0455. The van der Waals surface area contributed by atoms with Crippen LogP contribution in [0.15, 0.2) is 78.9 Å². The molecule has 0 fully saturated rings. The van der Waals surface area contributed by atoms with Crippen LogP contribution in [0.3, 0.4) is 0 Å². The first kappa shape index (κ1) is 18.1. The molecule has 0 aromatic heterocycles. The van der Waals surface area contributed by atoms with Gasteiger partial charge in [-0.15, -0.1) is 0 Å². The van der Waals surface area contributed by atoms with Gasteiger partial charge in [-0.2, -0.15) is 0 Å². The van der Waals surface area contributed by atoms with Crippen LogP contribution in [0.2, 0.25) is 0 Å². The minimum absolute atomic E-state index is 0.0720. The van der Waals surface area contributed by atoms with Gasteiger partial charge < -0.3 is 10.5 Å². The number of nitrogens with two attached hydrogens (primary N) is 1. The number of rotatable bonds is 6. The van der Waals surface area contributed by atoms with E-state index < -0.39 is 11.9 Å². The maximum absolute atomic E-state index is 12.4. The van der Waals surface area contributed by atoms with Crippen molar-refractivity contribution in [3.63, 3.8) is 0 Å². The van der Waals surface area contributed by atoms with E-state index in [0.717, 1.165) is 5.56 Å². The Bertz CT molecular complexity index is 961. The van der Waals surface area contributed by atoms with Gasteiger partial charge in [0.2, 0.25) is 5.91 Å². The standard InChI is InChI=1S/C22H17NO4/c23-21(25)18-8-6-15(7-9-18)14-27-22(26)19-12-10-17(11-13-19)20(24)16-4-2-1-3-5-16/h1-13H,14H2,(H2,23,25). The van der Waals surface area contributed by atoms with Gasteiger partial charge in [0.25, 0.3) is 0 Å². The Kier molecular flexibility index (Phi) is 5.42. The van der Waals surface area contributed by atoms with Gasteiger partial charge >= 0.3 is 5.97 Å². The van der Waals surface area contributed by atoms with Crippen molar-refractivity contribution in [3.05, 3.63) is 107 Å². The Morgan fingerprint density at radius 3 is 1.78 bits per heavy atom. The van der Waals surface area contributed by atoms with E-state index >= 15 is 0 Å². The van der Waals surface area contributed by atoms with Crippen molar-refractivity contribution in [1.29, 1.82) is 0 Å². The minimum Gasteiger partial charge on any atom is -0.457 e. The van der Waals surface area contributed by atoms with Gasteiger partial charge in [-0.05, 0) is 29.8 Å². The molecule has 3 rings (SSSR count). The van der Waals surface area contributed by atoms with Crippen molar-refractivity contribution in [1.82, 2.24) is 0 Å². The highest BCUT2D eigenvalue weighted by molar-refractivity contribution is 6.09. The SMILES string of the molecule is NC(=O)c1ccc(COC(=O)c2ccc(C(=O)c3ccccc3)cc2)cc1. The lowest BCUT2D eigenvalue weighted by Gasteiger charge is -2.06. The van der Waals surface area contributed by atoms with Gasteiger partial charge in [-0.1, -0.05) is 54.6 Å². The van der Waals surface area contributed by atoms with Gasteiger partial charge in [0.15, 0.2) is 5.78 Å². The molecule has 0 heterocycles. The highest BCUT2D eigenvalue weighted by Gasteiger charge is 2.12. The molecule has 0 aliphatic rings. The maximum Gasteiger partial charge on any atom is 0.338 e. The molecule has 5 heteroatoms. The first-order valence-corrected chi connectivity index (χ1v) is 8.30. The van der Waals surface area contributed by atoms with E-state index in [2.05, 4.69) is 0 Å². The molecule has 0 atom stereocenters. The molecule has 3 aromatic rings. The number of ether oxygens (including phenoxy) is 1. The highest BCUT2D eigenvalue weighted by Crippen LogP contribution is 2.13. The summed E-state index contributed by atoms with van der Waals surface area (Å²) >= 11 is 0. The van der Waals surface area contributed by atoms with Crippen LogP contribution in [0.5, 0.6) is 0 Å². The molecule has 0 aliphatic heterocycles. The zero-order valence-corrected chi connectivity index (χ0v) is 14.4. The fourth-order valence-electron chi connectivity index (χ4n) is 2.51. The van der Waals surface area contributed by atoms with Crippen molar-refractivity contribution in [2.75, 3.05) is 0 Å². The topological polar surface area (TPSA) is 86.5 Å². The third kappa shape index (κ3) is 4.46. The normalized spacial score (nSPS) is 10.2. The molecule has 134 valence electrons. The number of benzene rings is 3. The van der Waals surface area contributed by atoms with Gasteiger partial charge in [0, 0.05) is 16.7 Å². The van der Waals surface area contributed by atoms with Crippen molar-refractivity contribution in [2.45, 2.75) is 6.61 Å². The average Bonchev–Trinajstić information content (AvgIpc) is 2.72. The van der Waals surface area contributed by atoms with E-state index in [1.165, 1.54) is 0 Å². The Morgan fingerprint density at radius 2 is 1.19 bits per heavy atom. The van der Waals surface area contributed by atoms with Crippen LogP contribution in [0.25, 0.3) is 0 Å². The summed E-state index contributed by atoms with van der Waals surface area (Å²) in [5.74, 6) is -1.11. The molecule has 0 saturated heterocycles. The second-order valence-corrected chi connectivity index (χ2v) is 5.91. The molecule has 0 unspecified atom stereocenters. The summed E-state index contributed by atoms with van der Waals surface area (Å²) in [6.45, 7) is 0.0720. The molecule has 0 spiro atoms. The molecule has 0 radical (unpaired) electrons. The first-order valence-electron chi connectivity index (χ1n) is 8.30. The van der Waals surface area contributed by atoms with Crippen molar-refractivity contribution in [3.8, 4) is 0 Å². The molecule has 5 nitrogen and oxygen atoms in total. The lowest BCUT2D eigenvalue weighted by molar-refractivity contribution is 0.0472. The molecular weight excluding hydrogens is 342 g/mol. The highest BCUT2D eigenvalue weighted by atomic mass is 16.5. The molecule has 2 N–H and O–H groups in total. The monoisotopic (exact) mass is 359 g/mol. The minimum atomic E-state index is -0.510. The van der Waals surface area contributed by atoms with Crippen LogP contribution in [0.4, 0.5) is 0 Å². The van der Waals surface area contributed by atoms with Crippen LogP contribution < -0.4 is 5.73 Å². The lowest BCUT2D eigenvalue weighted by Crippen LogP contribution is -2.11. The molecule has 27 heavy (non-hydrogen) atoms. The Hall–Kier alpha value is -3.73. The summed E-state index contributed by atoms with van der Waals surface area (Å²) in [6.07, 6.45) is 0. The zero-order valence-electron chi connectivity index (χ0n) is 14.4. The number of amides is 1. The number of hydrogen-bond donors (Lipinski definition) is 1. The zero-order chi connectivity index (χ0) is 19.2. The number of hydrogen-bond acceptors (Lipinski definition) is 4. The average molecular weight is 359 g/mol. The Morgan fingerprint density at radius 1 is 0.667 bits per heavy atom. The van der Waals surface area contributed by atoms with Gasteiger partial charge in [0.1, 0.15) is 6.61 Å². The summed E-state index contributed by atoms with van der Waals surface area (Å²) in [4.78, 5) is 35.6. The summed E-state index contributed by atoms with van der Waals surface area (Å²) < 4.78 is 5.26. The number of ketones is 1. The molecule has 0 aliphatic carbocycles. The van der Waals surface area contributed by atoms with Crippen LogP contribution in [-0.4, -0.2) is 17.7 Å². The van der Waals surface area contributed by atoms with Gasteiger partial charge in [-0.25, -0.2) is 4.79 Å². The van der Waals surface area contributed by atoms with E-state index in [4.69, 9.17) is 10.5 Å². The van der Waals surface area contributed by atoms with Gasteiger partial charge in [0.05, 0.1) is 5.56 Å². The van der Waals surface area contributed by atoms with E-state index in [1.807, 2.05) is 6.07 Å². The van der Waals surface area contributed by atoms with Crippen LogP contribution >= 0.6 is 0 Å². The Balaban J connectivity index is 1.62. The second kappa shape index (κ2) is 8.10. The smallest absolute Gasteiger partial charge is 0.338 e. The van der Waals surface area contributed by atoms with E-state index in [0.29, 0.717) is 22.3 Å². The van der Waals surface area contributed by atoms with E-state index in [9.17, 15) is 14.4 Å². The van der Waals surface area contributed by atoms with Crippen molar-refractivity contribution < 1.29 is 19.1 Å². The molecule has 1 amide bonds. The summed E-state index contributed by atoms with van der Waals surface area (Å²) in [7, 11) is 0. The fourth-order valence-corrected chi connectivity index (χ4v) is 2.51. The maximum atomic E-state index is 12.4. The summed E-state index contributed by atoms with van der Waals surface area (Å²) in [5.41, 5.74) is 7.76. The van der Waals surface area contributed by atoms with Crippen LogP contribution in [0.1, 0.15) is 42.2 Å². The predicted octanol–water partition coefficient (Wildman–Crippen LogP) is 3.37. The van der Waals surface area contributed by atoms with E-state index in [-0.39, 0.29) is 12.4 Å². The quantitative estimate of drug-likeness (QED) is 0.540. The number of carbonyl (C=O) groups excluding carboxylic acids is 3. The predicted molar refractivity (Wildman–Crippen MR) is 100 cm³/mol. The first-order chi connectivity index (χ1) is 13.0. The number of esters is 1. The molecule has 0 saturated carbocycles. The molecule has 3 aromatic carbocycles. The third-order valence-corrected chi connectivity index (χ3v) is 4.03. The van der Waals surface area contributed by atoms with Gasteiger partial charge in [-0.3, -0.25) is 9.59 Å². The van der Waals surface area contributed by atoms with Crippen LogP contribution in [-0.2, 0) is 11.3 Å². The molecule has 0 bridgehead atoms.